The summed E-state index contributed by atoms with van der Waals surface area (Å²) in [7, 11) is 1.67. The Bertz CT molecular complexity index is 1110. The molecule has 0 aliphatic rings. The number of aryl methyl sites for hydroxylation is 1. The van der Waals surface area contributed by atoms with Gasteiger partial charge in [-0.1, -0.05) is 18.2 Å². The van der Waals surface area contributed by atoms with E-state index in [1.165, 1.54) is 6.92 Å². The summed E-state index contributed by atoms with van der Waals surface area (Å²) in [6, 6.07) is 11.8. The van der Waals surface area contributed by atoms with Crippen LogP contribution in [0.1, 0.15) is 30.1 Å². The van der Waals surface area contributed by atoms with E-state index in [1.54, 1.807) is 55.3 Å². The van der Waals surface area contributed by atoms with Crippen LogP contribution < -0.4 is 10.6 Å². The molecule has 8 nitrogen and oxygen atoms in total. The van der Waals surface area contributed by atoms with Gasteiger partial charge in [-0.25, -0.2) is 4.98 Å². The molecular formula is C22H24N4O4. The Balaban J connectivity index is 1.68. The second kappa shape index (κ2) is 8.87. The van der Waals surface area contributed by atoms with Crippen molar-refractivity contribution in [2.75, 3.05) is 24.2 Å². The van der Waals surface area contributed by atoms with Crippen molar-refractivity contribution in [2.45, 2.75) is 26.8 Å². The monoisotopic (exact) mass is 408 g/mol. The number of rotatable bonds is 7. The number of likely N-dealkylation sites (N-methyl/N-ethyl adjacent to an activating group) is 1. The second-order valence-corrected chi connectivity index (χ2v) is 7.15. The fourth-order valence-electron chi connectivity index (χ4n) is 3.00. The van der Waals surface area contributed by atoms with Crippen LogP contribution in [-0.2, 0) is 9.59 Å². The van der Waals surface area contributed by atoms with Gasteiger partial charge in [0.25, 0.3) is 0 Å². The molecule has 2 aromatic heterocycles. The number of hydrogen-bond acceptors (Lipinski definition) is 6. The van der Waals surface area contributed by atoms with E-state index in [2.05, 4.69) is 15.6 Å². The predicted octanol–water partition coefficient (Wildman–Crippen LogP) is 3.24. The van der Waals surface area contributed by atoms with E-state index in [1.807, 2.05) is 13.0 Å². The average molecular weight is 408 g/mol. The fraction of sp³-hybridized carbons (Fsp3) is 0.273. The molecule has 0 bridgehead atoms. The maximum Gasteiger partial charge on any atom is 0.241 e. The lowest BCUT2D eigenvalue weighted by molar-refractivity contribution is -0.122. The van der Waals surface area contributed by atoms with Crippen LogP contribution in [0.4, 0.5) is 11.5 Å². The zero-order valence-electron chi connectivity index (χ0n) is 17.4. The third-order valence-electron chi connectivity index (χ3n) is 4.75. The number of ketones is 1. The van der Waals surface area contributed by atoms with Crippen LogP contribution in [0.15, 0.2) is 46.9 Å². The van der Waals surface area contributed by atoms with E-state index >= 15 is 0 Å². The molecule has 30 heavy (non-hydrogen) atoms. The number of anilines is 2. The smallest absolute Gasteiger partial charge is 0.241 e. The number of carbonyl (C=O) groups excluding carboxylic acids is 3. The van der Waals surface area contributed by atoms with Crippen molar-refractivity contribution in [2.24, 2.45) is 0 Å². The van der Waals surface area contributed by atoms with E-state index in [0.717, 1.165) is 5.69 Å². The number of fused-ring (bicyclic) bond motifs is 1. The van der Waals surface area contributed by atoms with Gasteiger partial charge in [-0.3, -0.25) is 19.3 Å². The van der Waals surface area contributed by atoms with Gasteiger partial charge in [-0.2, -0.15) is 0 Å². The number of hydrogen-bond donors (Lipinski definition) is 2. The number of aromatic nitrogens is 1. The minimum absolute atomic E-state index is 0.00406. The number of furan rings is 1. The zero-order valence-corrected chi connectivity index (χ0v) is 17.4. The predicted molar refractivity (Wildman–Crippen MR) is 115 cm³/mol. The highest BCUT2D eigenvalue weighted by atomic mass is 16.3. The first-order chi connectivity index (χ1) is 14.3. The van der Waals surface area contributed by atoms with Crippen molar-refractivity contribution >= 4 is 40.1 Å². The number of nitrogens with zero attached hydrogens (tertiary/aromatic N) is 2. The number of carbonyl (C=O) groups is 3. The molecule has 2 N–H and O–H groups in total. The summed E-state index contributed by atoms with van der Waals surface area (Å²) in [5, 5.41) is 6.15. The van der Waals surface area contributed by atoms with Gasteiger partial charge in [0.2, 0.25) is 11.8 Å². The molecule has 0 fully saturated rings. The van der Waals surface area contributed by atoms with Gasteiger partial charge in [0.15, 0.2) is 11.5 Å². The van der Waals surface area contributed by atoms with Gasteiger partial charge in [0.05, 0.1) is 18.3 Å². The van der Waals surface area contributed by atoms with Crippen LogP contribution in [-0.4, -0.2) is 47.1 Å². The zero-order chi connectivity index (χ0) is 21.8. The largest absolute Gasteiger partial charge is 0.451 e. The number of Topliss-reactive ketones (excluding diaryl/α,β-unsaturated/α-hetero) is 1. The number of pyridine rings is 1. The molecule has 2 heterocycles. The van der Waals surface area contributed by atoms with E-state index < -0.39 is 6.04 Å². The summed E-state index contributed by atoms with van der Waals surface area (Å²) in [5.41, 5.74) is 1.66. The summed E-state index contributed by atoms with van der Waals surface area (Å²) in [4.78, 5) is 42.9. The van der Waals surface area contributed by atoms with Crippen molar-refractivity contribution in [3.05, 3.63) is 53.9 Å². The summed E-state index contributed by atoms with van der Waals surface area (Å²) in [5.74, 6) is -0.363. The maximum atomic E-state index is 12.8. The maximum absolute atomic E-state index is 12.8. The average Bonchev–Trinajstić information content (AvgIpc) is 3.06. The molecule has 3 rings (SSSR count). The summed E-state index contributed by atoms with van der Waals surface area (Å²) < 4.78 is 5.59. The molecular weight excluding hydrogens is 384 g/mol. The molecule has 0 saturated heterocycles. The molecule has 0 spiro atoms. The second-order valence-electron chi connectivity index (χ2n) is 7.15. The van der Waals surface area contributed by atoms with Crippen LogP contribution in [0.3, 0.4) is 0 Å². The fourth-order valence-corrected chi connectivity index (χ4v) is 3.00. The first-order valence-corrected chi connectivity index (χ1v) is 9.53. The first kappa shape index (κ1) is 21.2. The Morgan fingerprint density at radius 1 is 1.10 bits per heavy atom. The van der Waals surface area contributed by atoms with Gasteiger partial charge in [-0.05, 0) is 45.2 Å². The molecule has 156 valence electrons. The van der Waals surface area contributed by atoms with Crippen LogP contribution >= 0.6 is 0 Å². The minimum atomic E-state index is -0.630. The standard InChI is InChI=1S/C22H24N4O4/c1-13-8-7-11-18(23-13)24-19(28)12-26(4)14(2)22(29)25-20-16-9-5-6-10-17(16)30-21(20)15(3)27/h5-11,14H,12H2,1-4H3,(H,25,29)(H,23,24,28). The Kier molecular flexibility index (Phi) is 6.27. The Labute approximate surface area is 174 Å². The molecule has 1 aromatic carbocycles. The van der Waals surface area contributed by atoms with E-state index in [0.29, 0.717) is 22.5 Å². The van der Waals surface area contributed by atoms with Crippen LogP contribution in [0.2, 0.25) is 0 Å². The summed E-state index contributed by atoms with van der Waals surface area (Å²) in [6.07, 6.45) is 0. The highest BCUT2D eigenvalue weighted by Crippen LogP contribution is 2.31. The number of amides is 2. The van der Waals surface area contributed by atoms with E-state index in [-0.39, 0.29) is 29.9 Å². The van der Waals surface area contributed by atoms with Crippen molar-refractivity contribution in [3.63, 3.8) is 0 Å². The molecule has 1 atom stereocenters. The van der Waals surface area contributed by atoms with Gasteiger partial charge < -0.3 is 15.1 Å². The molecule has 0 radical (unpaired) electrons. The topological polar surface area (TPSA) is 105 Å². The molecule has 3 aromatic rings. The van der Waals surface area contributed by atoms with Gasteiger partial charge in [0, 0.05) is 18.0 Å². The Morgan fingerprint density at radius 2 is 1.83 bits per heavy atom. The highest BCUT2D eigenvalue weighted by Gasteiger charge is 2.25. The van der Waals surface area contributed by atoms with Crippen molar-refractivity contribution < 1.29 is 18.8 Å². The SMILES string of the molecule is CC(=O)c1oc2ccccc2c1NC(=O)C(C)N(C)CC(=O)Nc1cccc(C)n1. The third kappa shape index (κ3) is 4.72. The molecule has 0 aliphatic carbocycles. The lowest BCUT2D eigenvalue weighted by Crippen LogP contribution is -2.43. The Hall–Kier alpha value is -3.52. The lowest BCUT2D eigenvalue weighted by Gasteiger charge is -2.23. The van der Waals surface area contributed by atoms with Crippen LogP contribution in [0.25, 0.3) is 11.0 Å². The first-order valence-electron chi connectivity index (χ1n) is 9.53. The highest BCUT2D eigenvalue weighted by molar-refractivity contribution is 6.11. The van der Waals surface area contributed by atoms with Gasteiger partial charge in [-0.15, -0.1) is 0 Å². The molecule has 0 aliphatic heterocycles. The number of benzene rings is 1. The molecule has 8 heteroatoms. The molecule has 1 unspecified atom stereocenters. The van der Waals surface area contributed by atoms with Crippen molar-refractivity contribution in [3.8, 4) is 0 Å². The van der Waals surface area contributed by atoms with Crippen LogP contribution in [0.5, 0.6) is 0 Å². The molecule has 2 amide bonds. The summed E-state index contributed by atoms with van der Waals surface area (Å²) >= 11 is 0. The van der Waals surface area contributed by atoms with E-state index in [9.17, 15) is 14.4 Å². The quantitative estimate of drug-likeness (QED) is 0.582. The van der Waals surface area contributed by atoms with E-state index in [4.69, 9.17) is 4.42 Å². The minimum Gasteiger partial charge on any atom is -0.451 e. The van der Waals surface area contributed by atoms with Gasteiger partial charge >= 0.3 is 0 Å². The summed E-state index contributed by atoms with van der Waals surface area (Å²) in [6.45, 7) is 4.90. The lowest BCUT2D eigenvalue weighted by atomic mass is 10.2. The van der Waals surface area contributed by atoms with Crippen molar-refractivity contribution in [1.29, 1.82) is 0 Å². The Morgan fingerprint density at radius 3 is 2.53 bits per heavy atom. The van der Waals surface area contributed by atoms with Crippen LogP contribution in [0, 0.1) is 6.92 Å². The third-order valence-corrected chi connectivity index (χ3v) is 4.75. The number of nitrogens with one attached hydrogen (secondary N) is 2. The molecule has 0 saturated carbocycles. The van der Waals surface area contributed by atoms with Crippen molar-refractivity contribution in [1.82, 2.24) is 9.88 Å². The van der Waals surface area contributed by atoms with Gasteiger partial charge in [0.1, 0.15) is 11.4 Å². The number of para-hydroxylation sites is 1. The normalized spacial score (nSPS) is 12.0.